The van der Waals surface area contributed by atoms with Gasteiger partial charge in [0, 0.05) is 19.6 Å². The fraction of sp³-hybridized carbons (Fsp3) is 0.423. The SMILES string of the molecule is O=C(C1=C2NCCC(C(F)(F)F)N2N(c2ccccc2)C1)N1CCC(CCc2ccccc2)C1. The average molecular weight is 471 g/mol. The lowest BCUT2D eigenvalue weighted by molar-refractivity contribution is -0.185. The number of carbonyl (C=O) groups is 1. The van der Waals surface area contributed by atoms with Gasteiger partial charge in [0.1, 0.15) is 11.9 Å². The minimum absolute atomic E-state index is 0.0664. The number of nitrogens with zero attached hydrogens (tertiary/aromatic N) is 3. The first-order chi connectivity index (χ1) is 16.4. The van der Waals surface area contributed by atoms with Crippen LogP contribution in [0.3, 0.4) is 0 Å². The highest BCUT2D eigenvalue weighted by molar-refractivity contribution is 5.96. The number of nitrogens with one attached hydrogen (secondary N) is 1. The van der Waals surface area contributed by atoms with Crippen molar-refractivity contribution in [2.24, 2.45) is 5.92 Å². The van der Waals surface area contributed by atoms with Gasteiger partial charge in [0.25, 0.3) is 5.91 Å². The summed E-state index contributed by atoms with van der Waals surface area (Å²) in [5, 5.41) is 5.96. The predicted molar refractivity (Wildman–Crippen MR) is 125 cm³/mol. The standard InChI is InChI=1S/C26H29F3N4O/c27-26(28,29)23-13-15-30-24-22(18-32(33(23)24)21-9-5-2-6-10-21)25(34)31-16-14-20(17-31)12-11-19-7-3-1-4-8-19/h1-10,20,23,30H,11-18H2. The number of hydrogen-bond acceptors (Lipinski definition) is 4. The van der Waals surface area contributed by atoms with Crippen LogP contribution in [0, 0.1) is 5.92 Å². The first-order valence-corrected chi connectivity index (χ1v) is 11.9. The third-order valence-corrected chi connectivity index (χ3v) is 7.04. The normalized spacial score (nSPS) is 22.7. The van der Waals surface area contributed by atoms with Crippen LogP contribution >= 0.6 is 0 Å². The number of para-hydroxylation sites is 1. The molecule has 0 bridgehead atoms. The molecule has 3 heterocycles. The number of anilines is 1. The van der Waals surface area contributed by atoms with Gasteiger partial charge < -0.3 is 10.2 Å². The number of halogens is 3. The Kier molecular flexibility index (Phi) is 6.15. The molecule has 0 radical (unpaired) electrons. The summed E-state index contributed by atoms with van der Waals surface area (Å²) in [5.74, 6) is 0.547. The highest BCUT2D eigenvalue weighted by Crippen LogP contribution is 2.39. The van der Waals surface area contributed by atoms with E-state index >= 15 is 0 Å². The van der Waals surface area contributed by atoms with Crippen LogP contribution in [0.5, 0.6) is 0 Å². The summed E-state index contributed by atoms with van der Waals surface area (Å²) >= 11 is 0. The Morgan fingerprint density at radius 1 is 1.00 bits per heavy atom. The zero-order chi connectivity index (χ0) is 23.7. The summed E-state index contributed by atoms with van der Waals surface area (Å²) < 4.78 is 41.9. The van der Waals surface area contributed by atoms with E-state index < -0.39 is 12.2 Å². The number of amides is 1. The molecule has 2 atom stereocenters. The summed E-state index contributed by atoms with van der Waals surface area (Å²) in [6, 6.07) is 17.6. The Morgan fingerprint density at radius 2 is 1.71 bits per heavy atom. The van der Waals surface area contributed by atoms with Gasteiger partial charge in [0.2, 0.25) is 0 Å². The minimum atomic E-state index is -4.39. The van der Waals surface area contributed by atoms with Crippen molar-refractivity contribution in [3.8, 4) is 0 Å². The maximum Gasteiger partial charge on any atom is 0.410 e. The molecular weight excluding hydrogens is 441 g/mol. The Morgan fingerprint density at radius 3 is 2.41 bits per heavy atom. The molecule has 0 saturated carbocycles. The highest BCUT2D eigenvalue weighted by atomic mass is 19.4. The van der Waals surface area contributed by atoms with E-state index in [1.807, 2.05) is 29.2 Å². The van der Waals surface area contributed by atoms with Crippen molar-refractivity contribution in [3.05, 3.63) is 77.6 Å². The van der Waals surface area contributed by atoms with Crippen LogP contribution in [0.4, 0.5) is 18.9 Å². The van der Waals surface area contributed by atoms with Crippen LogP contribution in [0.15, 0.2) is 72.1 Å². The molecule has 0 spiro atoms. The average Bonchev–Trinajstić information content (AvgIpc) is 3.48. The van der Waals surface area contributed by atoms with E-state index in [9.17, 15) is 18.0 Å². The lowest BCUT2D eigenvalue weighted by Crippen LogP contribution is -2.57. The smallest absolute Gasteiger partial charge is 0.370 e. The maximum atomic E-state index is 14.0. The third kappa shape index (κ3) is 4.45. The molecule has 3 aliphatic rings. The molecule has 1 N–H and O–H groups in total. The van der Waals surface area contributed by atoms with Gasteiger partial charge in [-0.25, -0.2) is 0 Å². The van der Waals surface area contributed by atoms with Crippen molar-refractivity contribution < 1.29 is 18.0 Å². The van der Waals surface area contributed by atoms with Gasteiger partial charge >= 0.3 is 6.18 Å². The largest absolute Gasteiger partial charge is 0.410 e. The zero-order valence-electron chi connectivity index (χ0n) is 19.0. The number of fused-ring (bicyclic) bond motifs is 1. The van der Waals surface area contributed by atoms with Gasteiger partial charge in [-0.2, -0.15) is 13.2 Å². The molecule has 2 unspecified atom stereocenters. The predicted octanol–water partition coefficient (Wildman–Crippen LogP) is 4.34. The number of hydrogen-bond donors (Lipinski definition) is 1. The second kappa shape index (κ2) is 9.24. The van der Waals surface area contributed by atoms with Gasteiger partial charge in [0.05, 0.1) is 17.8 Å². The monoisotopic (exact) mass is 470 g/mol. The first kappa shape index (κ1) is 22.6. The van der Waals surface area contributed by atoms with E-state index in [4.69, 9.17) is 0 Å². The molecule has 34 heavy (non-hydrogen) atoms. The molecule has 2 saturated heterocycles. The fourth-order valence-corrected chi connectivity index (χ4v) is 5.27. The fourth-order valence-electron chi connectivity index (χ4n) is 5.27. The van der Waals surface area contributed by atoms with Gasteiger partial charge in [-0.3, -0.25) is 14.8 Å². The second-order valence-corrected chi connectivity index (χ2v) is 9.27. The van der Waals surface area contributed by atoms with E-state index in [1.165, 1.54) is 10.6 Å². The summed E-state index contributed by atoms with van der Waals surface area (Å²) in [7, 11) is 0. The number of aryl methyl sites for hydroxylation is 1. The molecule has 2 fully saturated rings. The molecule has 0 aliphatic carbocycles. The van der Waals surface area contributed by atoms with Crippen molar-refractivity contribution in [1.82, 2.24) is 15.2 Å². The van der Waals surface area contributed by atoms with Gasteiger partial charge in [-0.1, -0.05) is 48.5 Å². The number of hydrazine groups is 1. The molecule has 8 heteroatoms. The van der Waals surface area contributed by atoms with Crippen LogP contribution in [0.25, 0.3) is 0 Å². The number of rotatable bonds is 5. The van der Waals surface area contributed by atoms with Gasteiger partial charge in [0.15, 0.2) is 0 Å². The second-order valence-electron chi connectivity index (χ2n) is 9.27. The lowest BCUT2D eigenvalue weighted by atomic mass is 9.99. The van der Waals surface area contributed by atoms with Crippen molar-refractivity contribution in [2.75, 3.05) is 31.2 Å². The van der Waals surface area contributed by atoms with E-state index in [-0.39, 0.29) is 25.4 Å². The van der Waals surface area contributed by atoms with Crippen molar-refractivity contribution in [3.63, 3.8) is 0 Å². The Labute approximate surface area is 197 Å². The Hall–Kier alpha value is -3.16. The lowest BCUT2D eigenvalue weighted by Gasteiger charge is -2.43. The van der Waals surface area contributed by atoms with Crippen LogP contribution in [-0.4, -0.2) is 54.2 Å². The first-order valence-electron chi connectivity index (χ1n) is 11.9. The van der Waals surface area contributed by atoms with Crippen LogP contribution in [0.2, 0.25) is 0 Å². The van der Waals surface area contributed by atoms with E-state index in [0.29, 0.717) is 36.1 Å². The molecular formula is C26H29F3N4O. The summed E-state index contributed by atoms with van der Waals surface area (Å²) in [4.78, 5) is 15.4. The Bertz CT molecular complexity index is 1040. The van der Waals surface area contributed by atoms with Crippen LogP contribution in [-0.2, 0) is 11.2 Å². The summed E-state index contributed by atoms with van der Waals surface area (Å²) in [6.07, 6.45) is -1.58. The highest BCUT2D eigenvalue weighted by Gasteiger charge is 2.52. The van der Waals surface area contributed by atoms with Crippen molar-refractivity contribution >= 4 is 11.6 Å². The zero-order valence-corrected chi connectivity index (χ0v) is 19.0. The molecule has 0 aromatic heterocycles. The minimum Gasteiger partial charge on any atom is -0.370 e. The van der Waals surface area contributed by atoms with Crippen LogP contribution in [0.1, 0.15) is 24.8 Å². The van der Waals surface area contributed by atoms with Gasteiger partial charge in [-0.15, -0.1) is 0 Å². The van der Waals surface area contributed by atoms with Gasteiger partial charge in [-0.05, 0) is 49.3 Å². The molecule has 1 amide bonds. The van der Waals surface area contributed by atoms with Crippen molar-refractivity contribution in [1.29, 1.82) is 0 Å². The quantitative estimate of drug-likeness (QED) is 0.706. The van der Waals surface area contributed by atoms with E-state index in [0.717, 1.165) is 19.3 Å². The number of benzene rings is 2. The number of carbonyl (C=O) groups excluding carboxylic acids is 1. The number of alkyl halides is 3. The molecule has 5 rings (SSSR count). The molecule has 2 aromatic carbocycles. The molecule has 3 aliphatic heterocycles. The van der Waals surface area contributed by atoms with Crippen molar-refractivity contribution in [2.45, 2.75) is 37.9 Å². The maximum absolute atomic E-state index is 14.0. The van der Waals surface area contributed by atoms with E-state index in [1.54, 1.807) is 29.3 Å². The number of likely N-dealkylation sites (tertiary alicyclic amines) is 1. The third-order valence-electron chi connectivity index (χ3n) is 7.04. The molecule has 2 aromatic rings. The molecule has 5 nitrogen and oxygen atoms in total. The van der Waals surface area contributed by atoms with E-state index in [2.05, 4.69) is 17.4 Å². The summed E-state index contributed by atoms with van der Waals surface area (Å²) in [6.45, 7) is 1.61. The Balaban J connectivity index is 1.34. The van der Waals surface area contributed by atoms with Crippen LogP contribution < -0.4 is 10.3 Å². The molecule has 180 valence electrons. The summed E-state index contributed by atoms with van der Waals surface area (Å²) in [5.41, 5.74) is 2.34. The topological polar surface area (TPSA) is 38.8 Å².